The fourth-order valence-electron chi connectivity index (χ4n) is 7.82. The molecule has 2 unspecified atom stereocenters. The lowest BCUT2D eigenvalue weighted by molar-refractivity contribution is -0.165. The molecule has 0 amide bonds. The number of carboxylic acids is 1. The van der Waals surface area contributed by atoms with Crippen molar-refractivity contribution in [3.05, 3.63) is 87.8 Å². The average Bonchev–Trinajstić information content (AvgIpc) is 3.82. The van der Waals surface area contributed by atoms with Gasteiger partial charge in [0.15, 0.2) is 12.2 Å². The molecule has 1 N–H and O–H groups in total. The van der Waals surface area contributed by atoms with E-state index in [0.717, 1.165) is 94.8 Å². The van der Waals surface area contributed by atoms with Gasteiger partial charge in [-0.3, -0.25) is 9.36 Å². The van der Waals surface area contributed by atoms with E-state index in [1.165, 1.54) is 7.11 Å². The summed E-state index contributed by atoms with van der Waals surface area (Å²) in [4.78, 5) is 24.7. The van der Waals surface area contributed by atoms with Crippen molar-refractivity contribution in [2.24, 2.45) is 14.1 Å². The van der Waals surface area contributed by atoms with E-state index in [1.54, 1.807) is 23.5 Å². The maximum Gasteiger partial charge on any atom is 0.489 e. The first-order valence-electron chi connectivity index (χ1n) is 22.7. The van der Waals surface area contributed by atoms with Crippen LogP contribution in [0, 0.1) is 0 Å². The SMILES string of the molecule is C=C(C)B1OC(C)(C)C(C)(C)O1.C=C(C)c1nn(C)c(C(OC(C)(C)C)C(=O)O)c1-c1ccc2c(c1)CCCO2.COC(=O)C(OC(C)(C)C)c1c(-c2ccc3c(c2)CCCO3)c(Br)nn1C. The summed E-state index contributed by atoms with van der Waals surface area (Å²) in [6, 6.07) is 12.0. The number of carboxylic acid groups (broad SMARTS) is 1. The van der Waals surface area contributed by atoms with Crippen molar-refractivity contribution in [2.45, 2.75) is 143 Å². The van der Waals surface area contributed by atoms with Crippen molar-refractivity contribution >= 4 is 40.6 Å². The highest BCUT2D eigenvalue weighted by Crippen LogP contribution is 2.42. The quantitative estimate of drug-likeness (QED) is 0.119. The summed E-state index contributed by atoms with van der Waals surface area (Å²) < 4.78 is 43.8. The molecular formula is C51H70BBrN4O10. The molecule has 0 saturated carbocycles. The number of ether oxygens (including phenoxy) is 5. The van der Waals surface area contributed by atoms with E-state index in [-0.39, 0.29) is 18.3 Å². The van der Waals surface area contributed by atoms with E-state index in [4.69, 9.17) is 33.0 Å². The minimum absolute atomic E-state index is 0.239. The number of benzene rings is 2. The third-order valence-corrected chi connectivity index (χ3v) is 12.2. The Bertz CT molecular complexity index is 2460. The zero-order valence-electron chi connectivity index (χ0n) is 42.1. The number of halogens is 1. The molecule has 0 aliphatic carbocycles. The summed E-state index contributed by atoms with van der Waals surface area (Å²) in [6.45, 7) is 32.5. The number of aliphatic carboxylic acids is 1. The molecule has 3 aliphatic heterocycles. The molecule has 0 spiro atoms. The number of methoxy groups -OCH3 is 1. The van der Waals surface area contributed by atoms with Crippen LogP contribution in [-0.4, -0.2) is 86.5 Å². The van der Waals surface area contributed by atoms with Crippen LogP contribution < -0.4 is 9.47 Å². The number of aryl methyl sites for hydroxylation is 4. The maximum atomic E-state index is 12.5. The topological polar surface area (TPSA) is 155 Å². The number of aromatic nitrogens is 4. The van der Waals surface area contributed by atoms with Gasteiger partial charge in [0.1, 0.15) is 16.1 Å². The van der Waals surface area contributed by atoms with Gasteiger partial charge in [-0.05, 0) is 177 Å². The van der Waals surface area contributed by atoms with Crippen LogP contribution >= 0.6 is 15.9 Å². The summed E-state index contributed by atoms with van der Waals surface area (Å²) >= 11 is 3.55. The third kappa shape index (κ3) is 12.7. The number of hydrogen-bond donors (Lipinski definition) is 1. The smallest absolute Gasteiger partial charge is 0.489 e. The molecule has 1 fully saturated rings. The minimum atomic E-state index is -1.15. The van der Waals surface area contributed by atoms with Crippen LogP contribution in [0.4, 0.5) is 0 Å². The Hall–Kier alpha value is -4.74. The Morgan fingerprint density at radius 1 is 0.776 bits per heavy atom. The van der Waals surface area contributed by atoms with Crippen LogP contribution in [0.3, 0.4) is 0 Å². The van der Waals surface area contributed by atoms with Gasteiger partial charge in [0.05, 0.1) is 59.8 Å². The average molecular weight is 990 g/mol. The van der Waals surface area contributed by atoms with E-state index in [9.17, 15) is 14.7 Å². The molecule has 2 aromatic heterocycles. The van der Waals surface area contributed by atoms with Crippen molar-refractivity contribution in [1.82, 2.24) is 19.6 Å². The number of carbonyl (C=O) groups is 2. The fourth-order valence-corrected chi connectivity index (χ4v) is 8.49. The first-order valence-corrected chi connectivity index (χ1v) is 23.5. The van der Waals surface area contributed by atoms with Crippen molar-refractivity contribution < 1.29 is 47.7 Å². The monoisotopic (exact) mass is 988 g/mol. The van der Waals surface area contributed by atoms with Crippen LogP contribution in [0.2, 0.25) is 0 Å². The lowest BCUT2D eigenvalue weighted by atomic mass is 9.81. The number of rotatable bonds is 10. The van der Waals surface area contributed by atoms with Crippen LogP contribution in [0.1, 0.15) is 136 Å². The molecular weight excluding hydrogens is 919 g/mol. The van der Waals surface area contributed by atoms with Gasteiger partial charge in [-0.15, -0.1) is 6.58 Å². The highest BCUT2D eigenvalue weighted by Gasteiger charge is 2.51. The second kappa shape index (κ2) is 20.9. The number of hydrogen-bond acceptors (Lipinski definition) is 11. The normalized spacial score (nSPS) is 16.9. The van der Waals surface area contributed by atoms with Crippen LogP contribution in [0.5, 0.6) is 11.5 Å². The fraction of sp³-hybridized carbons (Fsp3) is 0.529. The van der Waals surface area contributed by atoms with E-state index >= 15 is 0 Å². The Kier molecular flexibility index (Phi) is 16.6. The molecule has 2 atom stereocenters. The van der Waals surface area contributed by atoms with Gasteiger partial charge in [-0.1, -0.05) is 24.2 Å². The summed E-state index contributed by atoms with van der Waals surface area (Å²) in [5.41, 5.74) is 7.61. The first-order chi connectivity index (χ1) is 31.1. The second-order valence-corrected chi connectivity index (χ2v) is 21.0. The molecule has 3 aliphatic rings. The molecule has 2 aromatic carbocycles. The molecule has 7 rings (SSSR count). The molecule has 14 nitrogen and oxygen atoms in total. The van der Waals surface area contributed by atoms with E-state index in [1.807, 2.05) is 107 Å². The molecule has 4 aromatic rings. The second-order valence-electron chi connectivity index (χ2n) is 20.3. The molecule has 0 bridgehead atoms. The molecule has 67 heavy (non-hydrogen) atoms. The zero-order chi connectivity index (χ0) is 50.0. The van der Waals surface area contributed by atoms with Crippen LogP contribution in [-0.2, 0) is 60.0 Å². The third-order valence-electron chi connectivity index (χ3n) is 11.7. The summed E-state index contributed by atoms with van der Waals surface area (Å²) in [7, 11) is 4.67. The lowest BCUT2D eigenvalue weighted by Gasteiger charge is -2.32. The van der Waals surface area contributed by atoms with Crippen LogP contribution in [0.25, 0.3) is 27.8 Å². The first kappa shape index (κ1) is 53.2. The van der Waals surface area contributed by atoms with Crippen molar-refractivity contribution in [3.63, 3.8) is 0 Å². The van der Waals surface area contributed by atoms with Gasteiger partial charge in [0.2, 0.25) is 0 Å². The minimum Gasteiger partial charge on any atom is -0.493 e. The van der Waals surface area contributed by atoms with Gasteiger partial charge in [0.25, 0.3) is 0 Å². The lowest BCUT2D eigenvalue weighted by Crippen LogP contribution is -2.41. The van der Waals surface area contributed by atoms with E-state index < -0.39 is 35.3 Å². The van der Waals surface area contributed by atoms with Crippen molar-refractivity contribution in [1.29, 1.82) is 0 Å². The van der Waals surface area contributed by atoms with Crippen molar-refractivity contribution in [3.8, 4) is 33.8 Å². The van der Waals surface area contributed by atoms with E-state index in [0.29, 0.717) is 21.7 Å². The number of fused-ring (bicyclic) bond motifs is 2. The maximum absolute atomic E-state index is 12.5. The van der Waals surface area contributed by atoms with Gasteiger partial charge >= 0.3 is 19.1 Å². The highest BCUT2D eigenvalue weighted by molar-refractivity contribution is 9.10. The van der Waals surface area contributed by atoms with Gasteiger partial charge < -0.3 is 38.1 Å². The Balaban J connectivity index is 0.000000203. The molecule has 16 heteroatoms. The predicted molar refractivity (Wildman–Crippen MR) is 265 cm³/mol. The number of allylic oxidation sites excluding steroid dienone is 2. The Morgan fingerprint density at radius 2 is 1.22 bits per heavy atom. The number of carbonyl (C=O) groups excluding carboxylic acids is 1. The molecule has 0 radical (unpaired) electrons. The standard InChI is InChI=1S/C22H28N2O4.C20H25BrN2O4.C9H17BO2/c1-13(2)18-17(15-9-10-16-14(12-15)8-7-11-27-16)19(24(6)23-18)20(21(25)26)28-22(3,4)5;1-20(2,3)27-17(19(24)25-5)16-15(18(21)22-23(16)4)13-8-9-14-12(11-13)7-6-10-26-14;1-7(2)10-11-8(3,4)9(5,6)12-10/h9-10,12,20H,1,7-8,11H2,2-6H3,(H,25,26);8-9,11,17H,6-7,10H2,1-5H3;1H2,2-6H3. The molecule has 1 saturated heterocycles. The van der Waals surface area contributed by atoms with Crippen molar-refractivity contribution in [2.75, 3.05) is 20.3 Å². The Labute approximate surface area is 405 Å². The molecule has 5 heterocycles. The van der Waals surface area contributed by atoms with Gasteiger partial charge in [-0.25, -0.2) is 9.59 Å². The summed E-state index contributed by atoms with van der Waals surface area (Å²) in [5, 5.41) is 19.0. The van der Waals surface area contributed by atoms with Gasteiger partial charge in [0, 0.05) is 25.2 Å². The number of nitrogens with zero attached hydrogens (tertiary/aromatic N) is 4. The Morgan fingerprint density at radius 3 is 1.64 bits per heavy atom. The van der Waals surface area contributed by atoms with Gasteiger partial charge in [-0.2, -0.15) is 10.2 Å². The summed E-state index contributed by atoms with van der Waals surface area (Å²) in [6.07, 6.45) is 1.83. The number of esters is 1. The zero-order valence-corrected chi connectivity index (χ0v) is 43.7. The largest absolute Gasteiger partial charge is 0.493 e. The summed E-state index contributed by atoms with van der Waals surface area (Å²) in [5.74, 6) is 0.303. The highest BCUT2D eigenvalue weighted by atomic mass is 79.9. The molecule has 364 valence electrons. The van der Waals surface area contributed by atoms with Crippen LogP contribution in [0.15, 0.2) is 59.6 Å². The van der Waals surface area contributed by atoms with E-state index in [2.05, 4.69) is 51.4 Å². The predicted octanol–water partition coefficient (Wildman–Crippen LogP) is 10.8.